The molecule has 2 aromatic carbocycles. The highest BCUT2D eigenvalue weighted by Crippen LogP contribution is 2.20. The van der Waals surface area contributed by atoms with Gasteiger partial charge in [-0.1, -0.05) is 60.2 Å². The van der Waals surface area contributed by atoms with Gasteiger partial charge in [-0.3, -0.25) is 0 Å². The predicted molar refractivity (Wildman–Crippen MR) is 106 cm³/mol. The van der Waals surface area contributed by atoms with Crippen LogP contribution >= 0.6 is 0 Å². The first-order valence-electron chi connectivity index (χ1n) is 9.65. The van der Waals surface area contributed by atoms with Crippen LogP contribution in [0.25, 0.3) is 11.3 Å². The van der Waals surface area contributed by atoms with Crippen LogP contribution in [0.2, 0.25) is 0 Å². The minimum absolute atomic E-state index is 0.327. The van der Waals surface area contributed by atoms with E-state index in [2.05, 4.69) is 48.6 Å². The Morgan fingerprint density at radius 3 is 2.63 bits per heavy atom. The topological polar surface area (TPSA) is 52.0 Å². The van der Waals surface area contributed by atoms with Crippen molar-refractivity contribution in [1.82, 2.24) is 20.3 Å². The summed E-state index contributed by atoms with van der Waals surface area (Å²) in [5.41, 5.74) is 5.49. The van der Waals surface area contributed by atoms with E-state index in [4.69, 9.17) is 14.9 Å². The second kappa shape index (κ2) is 8.46. The molecule has 1 aromatic heterocycles. The van der Waals surface area contributed by atoms with Crippen LogP contribution in [0.5, 0.6) is 0 Å². The van der Waals surface area contributed by atoms with Crippen molar-refractivity contribution in [3.05, 3.63) is 71.4 Å². The molecule has 1 aliphatic rings. The van der Waals surface area contributed by atoms with Crippen molar-refractivity contribution in [2.45, 2.75) is 39.0 Å². The standard InChI is InChI=1S/C22H26N4O/c1-17-9-11-18(12-10-17)16-26-24-21(15-23-14-20-8-5-13-27-20)22(25-26)19-6-3-2-4-7-19/h2-4,6-7,9-12,20,23H,5,8,13-16H2,1H3/t20-/m1/s1. The third-order valence-corrected chi connectivity index (χ3v) is 4.91. The first kappa shape index (κ1) is 17.9. The number of benzene rings is 2. The molecule has 1 saturated heterocycles. The molecule has 140 valence electrons. The van der Waals surface area contributed by atoms with Gasteiger partial charge in [0.1, 0.15) is 11.4 Å². The Morgan fingerprint density at radius 1 is 1.07 bits per heavy atom. The van der Waals surface area contributed by atoms with Crippen molar-refractivity contribution in [3.63, 3.8) is 0 Å². The highest BCUT2D eigenvalue weighted by Gasteiger charge is 2.17. The van der Waals surface area contributed by atoms with Gasteiger partial charge in [-0.2, -0.15) is 15.0 Å². The van der Waals surface area contributed by atoms with Crippen LogP contribution in [0.1, 0.15) is 29.7 Å². The highest BCUT2D eigenvalue weighted by molar-refractivity contribution is 5.60. The van der Waals surface area contributed by atoms with Crippen molar-refractivity contribution >= 4 is 0 Å². The summed E-state index contributed by atoms with van der Waals surface area (Å²) >= 11 is 0. The summed E-state index contributed by atoms with van der Waals surface area (Å²) in [6.45, 7) is 5.21. The molecule has 0 unspecified atom stereocenters. The fraction of sp³-hybridized carbons (Fsp3) is 0.364. The van der Waals surface area contributed by atoms with Crippen LogP contribution in [-0.4, -0.2) is 34.2 Å². The molecule has 5 heteroatoms. The first-order chi connectivity index (χ1) is 13.3. The molecule has 1 aliphatic heterocycles. The van der Waals surface area contributed by atoms with Crippen molar-refractivity contribution in [1.29, 1.82) is 0 Å². The maximum absolute atomic E-state index is 5.70. The number of nitrogens with zero attached hydrogens (tertiary/aromatic N) is 3. The lowest BCUT2D eigenvalue weighted by atomic mass is 10.1. The number of rotatable bonds is 7. The molecule has 0 bridgehead atoms. The summed E-state index contributed by atoms with van der Waals surface area (Å²) in [5, 5.41) is 13.1. The molecule has 0 spiro atoms. The Morgan fingerprint density at radius 2 is 1.89 bits per heavy atom. The van der Waals surface area contributed by atoms with Gasteiger partial charge >= 0.3 is 0 Å². The number of hydrogen-bond acceptors (Lipinski definition) is 4. The summed E-state index contributed by atoms with van der Waals surface area (Å²) in [6.07, 6.45) is 2.63. The van der Waals surface area contributed by atoms with Gasteiger partial charge in [-0.25, -0.2) is 0 Å². The number of aromatic nitrogens is 3. The molecule has 1 atom stereocenters. The van der Waals surface area contributed by atoms with Gasteiger partial charge in [0.2, 0.25) is 0 Å². The van der Waals surface area contributed by atoms with E-state index < -0.39 is 0 Å². The zero-order valence-electron chi connectivity index (χ0n) is 15.8. The zero-order chi connectivity index (χ0) is 18.5. The van der Waals surface area contributed by atoms with Crippen molar-refractivity contribution < 1.29 is 4.74 Å². The minimum Gasteiger partial charge on any atom is -0.377 e. The molecule has 0 radical (unpaired) electrons. The van der Waals surface area contributed by atoms with Gasteiger partial charge in [-0.05, 0) is 25.3 Å². The molecule has 0 saturated carbocycles. The lowest BCUT2D eigenvalue weighted by Crippen LogP contribution is -2.26. The number of hydrogen-bond donors (Lipinski definition) is 1. The molecule has 3 aromatic rings. The Bertz CT molecular complexity index is 852. The van der Waals surface area contributed by atoms with Crippen LogP contribution in [-0.2, 0) is 17.8 Å². The third-order valence-electron chi connectivity index (χ3n) is 4.91. The molecule has 1 fully saturated rings. The van der Waals surface area contributed by atoms with E-state index in [1.54, 1.807) is 4.80 Å². The van der Waals surface area contributed by atoms with Crippen LogP contribution < -0.4 is 5.32 Å². The fourth-order valence-corrected chi connectivity index (χ4v) is 3.41. The second-order valence-corrected chi connectivity index (χ2v) is 7.14. The van der Waals surface area contributed by atoms with Gasteiger partial charge in [0, 0.05) is 25.3 Å². The number of ether oxygens (including phenoxy) is 1. The van der Waals surface area contributed by atoms with E-state index in [0.717, 1.165) is 42.9 Å². The fourth-order valence-electron chi connectivity index (χ4n) is 3.41. The lowest BCUT2D eigenvalue weighted by molar-refractivity contribution is 0.110. The molecule has 1 N–H and O–H groups in total. The quantitative estimate of drug-likeness (QED) is 0.698. The van der Waals surface area contributed by atoms with Gasteiger partial charge in [0.05, 0.1) is 12.6 Å². The first-order valence-corrected chi connectivity index (χ1v) is 9.65. The van der Waals surface area contributed by atoms with E-state index in [1.807, 2.05) is 18.2 Å². The monoisotopic (exact) mass is 362 g/mol. The van der Waals surface area contributed by atoms with Crippen LogP contribution in [0.4, 0.5) is 0 Å². The molecule has 27 heavy (non-hydrogen) atoms. The van der Waals surface area contributed by atoms with E-state index >= 15 is 0 Å². The molecule has 5 nitrogen and oxygen atoms in total. The summed E-state index contributed by atoms with van der Waals surface area (Å²) < 4.78 is 5.70. The molecule has 2 heterocycles. The Hall–Kier alpha value is -2.50. The summed E-state index contributed by atoms with van der Waals surface area (Å²) in [7, 11) is 0. The van der Waals surface area contributed by atoms with Crippen molar-refractivity contribution in [3.8, 4) is 11.3 Å². The van der Waals surface area contributed by atoms with Gasteiger partial charge < -0.3 is 10.1 Å². The average molecular weight is 362 g/mol. The Kier molecular flexibility index (Phi) is 5.61. The van der Waals surface area contributed by atoms with Crippen LogP contribution in [0.3, 0.4) is 0 Å². The average Bonchev–Trinajstić information content (AvgIpc) is 3.35. The lowest BCUT2D eigenvalue weighted by Gasteiger charge is -2.10. The molecular weight excluding hydrogens is 336 g/mol. The predicted octanol–water partition coefficient (Wildman–Crippen LogP) is 3.57. The Labute approximate surface area is 160 Å². The third kappa shape index (κ3) is 4.62. The maximum atomic E-state index is 5.70. The number of nitrogens with one attached hydrogen (secondary N) is 1. The second-order valence-electron chi connectivity index (χ2n) is 7.14. The van der Waals surface area contributed by atoms with E-state index in [9.17, 15) is 0 Å². The van der Waals surface area contributed by atoms with Crippen molar-refractivity contribution in [2.24, 2.45) is 0 Å². The Balaban J connectivity index is 1.51. The normalized spacial score (nSPS) is 16.7. The van der Waals surface area contributed by atoms with Crippen LogP contribution in [0.15, 0.2) is 54.6 Å². The summed E-state index contributed by atoms with van der Waals surface area (Å²) in [4.78, 5) is 1.80. The molecule has 4 rings (SSSR count). The molecule has 0 amide bonds. The van der Waals surface area contributed by atoms with E-state index in [1.165, 1.54) is 11.1 Å². The minimum atomic E-state index is 0.327. The van der Waals surface area contributed by atoms with Gasteiger partial charge in [-0.15, -0.1) is 0 Å². The van der Waals surface area contributed by atoms with E-state index in [-0.39, 0.29) is 0 Å². The van der Waals surface area contributed by atoms with Gasteiger partial charge in [0.15, 0.2) is 0 Å². The maximum Gasteiger partial charge on any atom is 0.117 e. The van der Waals surface area contributed by atoms with Crippen molar-refractivity contribution in [2.75, 3.05) is 13.2 Å². The largest absolute Gasteiger partial charge is 0.377 e. The number of aryl methyl sites for hydroxylation is 1. The smallest absolute Gasteiger partial charge is 0.117 e. The molecular formula is C22H26N4O. The SMILES string of the molecule is Cc1ccc(Cn2nc(CNC[C@H]3CCCO3)c(-c3ccccc3)n2)cc1. The summed E-state index contributed by atoms with van der Waals surface area (Å²) in [5.74, 6) is 0. The highest BCUT2D eigenvalue weighted by atomic mass is 16.5. The summed E-state index contributed by atoms with van der Waals surface area (Å²) in [6, 6.07) is 18.8. The molecule has 0 aliphatic carbocycles. The zero-order valence-corrected chi connectivity index (χ0v) is 15.8. The van der Waals surface area contributed by atoms with E-state index in [0.29, 0.717) is 19.2 Å². The van der Waals surface area contributed by atoms with Crippen LogP contribution in [0, 0.1) is 6.92 Å². The van der Waals surface area contributed by atoms with Gasteiger partial charge in [0.25, 0.3) is 0 Å².